The molecule has 0 spiro atoms. The minimum Gasteiger partial charge on any atom is -0.319 e. The topological polar surface area (TPSA) is 101 Å². The maximum absolute atomic E-state index is 10.6. The van der Waals surface area contributed by atoms with E-state index >= 15 is 0 Å². The second-order valence-corrected chi connectivity index (χ2v) is 4.07. The molecule has 0 radical (unpaired) electrons. The van der Waals surface area contributed by atoms with Crippen LogP contribution in [0, 0.1) is 0 Å². The quantitative estimate of drug-likeness (QED) is 0.478. The highest BCUT2D eigenvalue weighted by Crippen LogP contribution is 2.39. The number of hydrogen-bond acceptors (Lipinski definition) is 3. The fourth-order valence-corrected chi connectivity index (χ4v) is 1.13. The third-order valence-electron chi connectivity index (χ3n) is 0.816. The SMILES string of the molecule is CC(C)(N)C(=O)P(=O)(O)O. The lowest BCUT2D eigenvalue weighted by molar-refractivity contribution is -0.117. The van der Waals surface area contributed by atoms with Gasteiger partial charge >= 0.3 is 7.60 Å². The highest BCUT2D eigenvalue weighted by Gasteiger charge is 2.36. The Morgan fingerprint density at radius 1 is 1.50 bits per heavy atom. The number of carbonyl (C=O) groups excluding carboxylic acids is 1. The zero-order chi connectivity index (χ0) is 8.58. The third-order valence-corrected chi connectivity index (χ3v) is 1.92. The second-order valence-electron chi connectivity index (χ2n) is 2.57. The van der Waals surface area contributed by atoms with E-state index < -0.39 is 18.7 Å². The van der Waals surface area contributed by atoms with Crippen LogP contribution in [-0.4, -0.2) is 20.9 Å². The van der Waals surface area contributed by atoms with Gasteiger partial charge in [-0.25, -0.2) is 0 Å². The van der Waals surface area contributed by atoms with E-state index in [-0.39, 0.29) is 0 Å². The van der Waals surface area contributed by atoms with Gasteiger partial charge in [0, 0.05) is 0 Å². The molecule has 0 fully saturated rings. The number of carbonyl (C=O) groups is 1. The van der Waals surface area contributed by atoms with E-state index in [2.05, 4.69) is 0 Å². The molecule has 0 bridgehead atoms. The molecular weight excluding hydrogens is 157 g/mol. The van der Waals surface area contributed by atoms with Gasteiger partial charge < -0.3 is 15.5 Å². The summed E-state index contributed by atoms with van der Waals surface area (Å²) in [5.74, 6) is 0. The first-order chi connectivity index (χ1) is 4.15. The summed E-state index contributed by atoms with van der Waals surface area (Å²) < 4.78 is 10.2. The molecule has 60 valence electrons. The predicted molar refractivity (Wildman–Crippen MR) is 35.3 cm³/mol. The van der Waals surface area contributed by atoms with Gasteiger partial charge in [-0.3, -0.25) is 9.36 Å². The highest BCUT2D eigenvalue weighted by molar-refractivity contribution is 7.70. The standard InChI is InChI=1S/C4H10NO4P/c1-4(2,5)3(6)10(7,8)9/h5H2,1-2H3,(H2,7,8,9). The Balaban J connectivity index is 4.57. The second kappa shape index (κ2) is 2.43. The van der Waals surface area contributed by atoms with Gasteiger partial charge in [-0.2, -0.15) is 0 Å². The summed E-state index contributed by atoms with van der Waals surface area (Å²) in [6.07, 6.45) is 0. The van der Waals surface area contributed by atoms with Crippen molar-refractivity contribution >= 4 is 13.1 Å². The van der Waals surface area contributed by atoms with Crippen molar-refractivity contribution < 1.29 is 19.1 Å². The van der Waals surface area contributed by atoms with E-state index in [1.165, 1.54) is 13.8 Å². The molecule has 0 rings (SSSR count). The fourth-order valence-electron chi connectivity index (χ4n) is 0.375. The average molecular weight is 167 g/mol. The molecule has 4 N–H and O–H groups in total. The van der Waals surface area contributed by atoms with E-state index in [1.807, 2.05) is 0 Å². The summed E-state index contributed by atoms with van der Waals surface area (Å²) in [4.78, 5) is 27.2. The molecule has 0 aromatic heterocycles. The van der Waals surface area contributed by atoms with Crippen LogP contribution in [0.3, 0.4) is 0 Å². The van der Waals surface area contributed by atoms with Crippen molar-refractivity contribution in [2.45, 2.75) is 19.4 Å². The summed E-state index contributed by atoms with van der Waals surface area (Å²) >= 11 is 0. The minimum absolute atomic E-state index is 1.24. The van der Waals surface area contributed by atoms with Crippen molar-refractivity contribution in [1.82, 2.24) is 0 Å². The summed E-state index contributed by atoms with van der Waals surface area (Å²) in [7, 11) is -4.64. The van der Waals surface area contributed by atoms with Crippen LogP contribution in [0.25, 0.3) is 0 Å². The van der Waals surface area contributed by atoms with Gasteiger partial charge in [0.05, 0.1) is 5.54 Å². The zero-order valence-corrected chi connectivity index (χ0v) is 6.63. The smallest absolute Gasteiger partial charge is 0.319 e. The molecule has 6 heteroatoms. The summed E-state index contributed by atoms with van der Waals surface area (Å²) in [6.45, 7) is 2.49. The molecule has 0 saturated carbocycles. The zero-order valence-electron chi connectivity index (χ0n) is 5.74. The monoisotopic (exact) mass is 167 g/mol. The Kier molecular flexibility index (Phi) is 2.38. The molecule has 0 aliphatic carbocycles. The van der Waals surface area contributed by atoms with Gasteiger partial charge in [0.1, 0.15) is 0 Å². The first kappa shape index (κ1) is 9.78. The van der Waals surface area contributed by atoms with Crippen LogP contribution in [0.4, 0.5) is 0 Å². The number of nitrogens with two attached hydrogens (primary N) is 1. The lowest BCUT2D eigenvalue weighted by Gasteiger charge is -2.16. The van der Waals surface area contributed by atoms with Crippen LogP contribution in [0.1, 0.15) is 13.8 Å². The van der Waals surface area contributed by atoms with Gasteiger partial charge in [0.15, 0.2) is 0 Å². The molecule has 10 heavy (non-hydrogen) atoms. The largest absolute Gasteiger partial charge is 0.393 e. The van der Waals surface area contributed by atoms with Crippen LogP contribution in [0.5, 0.6) is 0 Å². The average Bonchev–Trinajstić information content (AvgIpc) is 1.59. The minimum atomic E-state index is -4.64. The lowest BCUT2D eigenvalue weighted by Crippen LogP contribution is -2.41. The Hall–Kier alpha value is -0.220. The molecule has 0 unspecified atom stereocenters. The highest BCUT2D eigenvalue weighted by atomic mass is 31.2. The van der Waals surface area contributed by atoms with Crippen LogP contribution >= 0.6 is 7.60 Å². The molecule has 0 aliphatic heterocycles. The van der Waals surface area contributed by atoms with Crippen LogP contribution in [-0.2, 0) is 9.36 Å². The van der Waals surface area contributed by atoms with Crippen LogP contribution in [0.15, 0.2) is 0 Å². The summed E-state index contributed by atoms with van der Waals surface area (Å²) in [5, 5.41) is 0. The molecule has 5 nitrogen and oxygen atoms in total. The van der Waals surface area contributed by atoms with Crippen molar-refractivity contribution in [2.75, 3.05) is 0 Å². The Labute approximate surface area is 58.4 Å². The molecule has 0 aromatic rings. The maximum atomic E-state index is 10.6. The molecular formula is C4H10NO4P. The fraction of sp³-hybridized carbons (Fsp3) is 0.750. The third kappa shape index (κ3) is 2.58. The van der Waals surface area contributed by atoms with Crippen molar-refractivity contribution in [2.24, 2.45) is 5.73 Å². The van der Waals surface area contributed by atoms with E-state index in [1.54, 1.807) is 0 Å². The Morgan fingerprint density at radius 3 is 1.80 bits per heavy atom. The number of hydrogen-bond donors (Lipinski definition) is 3. The van der Waals surface area contributed by atoms with E-state index in [0.717, 1.165) is 0 Å². The molecule has 0 amide bonds. The van der Waals surface area contributed by atoms with E-state index in [4.69, 9.17) is 15.5 Å². The predicted octanol–water partition coefficient (Wildman–Crippen LogP) is -0.572. The molecule has 0 saturated heterocycles. The van der Waals surface area contributed by atoms with Gasteiger partial charge in [-0.1, -0.05) is 0 Å². The van der Waals surface area contributed by atoms with Crippen LogP contribution in [0.2, 0.25) is 0 Å². The molecule has 0 heterocycles. The first-order valence-electron chi connectivity index (χ1n) is 2.55. The van der Waals surface area contributed by atoms with Crippen molar-refractivity contribution in [1.29, 1.82) is 0 Å². The van der Waals surface area contributed by atoms with Gasteiger partial charge in [-0.15, -0.1) is 0 Å². The van der Waals surface area contributed by atoms with E-state index in [0.29, 0.717) is 0 Å². The summed E-state index contributed by atoms with van der Waals surface area (Å²) in [6, 6.07) is 0. The first-order valence-corrected chi connectivity index (χ1v) is 4.16. The van der Waals surface area contributed by atoms with Crippen molar-refractivity contribution in [3.8, 4) is 0 Å². The van der Waals surface area contributed by atoms with Gasteiger partial charge in [0.25, 0.3) is 5.52 Å². The Morgan fingerprint density at radius 2 is 1.80 bits per heavy atom. The van der Waals surface area contributed by atoms with Gasteiger partial charge in [-0.05, 0) is 13.8 Å². The van der Waals surface area contributed by atoms with Gasteiger partial charge in [0.2, 0.25) is 0 Å². The molecule has 0 aromatic carbocycles. The molecule has 0 atom stereocenters. The van der Waals surface area contributed by atoms with Crippen LogP contribution < -0.4 is 5.73 Å². The lowest BCUT2D eigenvalue weighted by atomic mass is 10.1. The number of rotatable bonds is 2. The Bertz CT molecular complexity index is 188. The maximum Gasteiger partial charge on any atom is 0.393 e. The van der Waals surface area contributed by atoms with Crippen molar-refractivity contribution in [3.05, 3.63) is 0 Å². The van der Waals surface area contributed by atoms with E-state index in [9.17, 15) is 9.36 Å². The normalized spacial score (nSPS) is 13.3. The molecule has 0 aliphatic rings. The van der Waals surface area contributed by atoms with Crippen molar-refractivity contribution in [3.63, 3.8) is 0 Å². The summed E-state index contributed by atoms with van der Waals surface area (Å²) in [5.41, 5.74) is 2.43.